The minimum atomic E-state index is -1.21. The second-order valence-electron chi connectivity index (χ2n) is 10.2. The lowest BCUT2D eigenvalue weighted by Crippen LogP contribution is -2.57. The van der Waals surface area contributed by atoms with Crippen LogP contribution in [0.5, 0.6) is 0 Å². The fraction of sp³-hybridized carbons (Fsp3) is 0.536. The number of hydrogen-bond acceptors (Lipinski definition) is 6. The van der Waals surface area contributed by atoms with E-state index in [0.29, 0.717) is 23.6 Å². The number of nitrogens with zero attached hydrogens (tertiary/aromatic N) is 2. The van der Waals surface area contributed by atoms with Crippen LogP contribution < -0.4 is 4.90 Å². The molecule has 1 spiro atoms. The molecule has 3 fully saturated rings. The van der Waals surface area contributed by atoms with Crippen LogP contribution in [0.1, 0.15) is 33.1 Å². The summed E-state index contributed by atoms with van der Waals surface area (Å²) in [4.78, 5) is 44.7. The normalized spacial score (nSPS) is 31.8. The number of halogens is 1. The first-order valence-corrected chi connectivity index (χ1v) is 13.1. The Morgan fingerprint density at radius 3 is 2.70 bits per heavy atom. The Morgan fingerprint density at radius 2 is 2.05 bits per heavy atom. The van der Waals surface area contributed by atoms with Gasteiger partial charge in [-0.15, -0.1) is 13.2 Å². The molecule has 0 saturated carbocycles. The lowest BCUT2D eigenvalue weighted by molar-refractivity contribution is -0.161. The number of aliphatic hydroxyl groups excluding tert-OH is 1. The molecule has 6 atom stereocenters. The number of carbonyl (C=O) groups is 3. The first kappa shape index (κ1) is 27.4. The molecule has 37 heavy (non-hydrogen) atoms. The number of carbonyl (C=O) groups excluding carboxylic acids is 3. The second kappa shape index (κ2) is 10.6. The zero-order chi connectivity index (χ0) is 27.0. The minimum absolute atomic E-state index is 0.102. The van der Waals surface area contributed by atoms with E-state index in [2.05, 4.69) is 13.2 Å². The predicted octanol–water partition coefficient (Wildman–Crippen LogP) is 3.37. The summed E-state index contributed by atoms with van der Waals surface area (Å²) in [5, 5.41) is 9.93. The number of para-hydroxylation sites is 1. The quantitative estimate of drug-likeness (QED) is 0.268. The largest absolute Gasteiger partial charge is 0.465 e. The average Bonchev–Trinajstić information content (AvgIpc) is 3.38. The third-order valence-corrected chi connectivity index (χ3v) is 8.47. The average molecular weight is 531 g/mol. The molecule has 0 aromatic heterocycles. The standard InChI is InChI=1S/C28H35ClN2O6/c1-5-7-16-36-26(35)22-21-24(33)31(14-10-15-32)23(28(21)17-18(3)27(22,4)37-28)25(34)30(13-6-2)20-12-9-8-11-19(20)29/h5-6,8-9,11-12,18,21-23,32H,1-2,7,10,13-17H2,3-4H3/t18?,21-,22-,23?,27+,28?/m0/s1. The number of hydrogen-bond donors (Lipinski definition) is 1. The summed E-state index contributed by atoms with van der Waals surface area (Å²) in [6.45, 7) is 11.6. The van der Waals surface area contributed by atoms with Crippen molar-refractivity contribution in [2.45, 2.75) is 50.4 Å². The molecule has 3 heterocycles. The molecule has 8 nitrogen and oxygen atoms in total. The third kappa shape index (κ3) is 4.29. The number of amides is 2. The van der Waals surface area contributed by atoms with Gasteiger partial charge in [0.05, 0.1) is 28.8 Å². The van der Waals surface area contributed by atoms with Crippen molar-refractivity contribution in [3.8, 4) is 0 Å². The molecule has 2 amide bonds. The van der Waals surface area contributed by atoms with Crippen LogP contribution in [0.4, 0.5) is 5.69 Å². The van der Waals surface area contributed by atoms with E-state index < -0.39 is 35.0 Å². The number of likely N-dealkylation sites (tertiary alicyclic amines) is 1. The number of fused-ring (bicyclic) bond motifs is 1. The van der Waals surface area contributed by atoms with Gasteiger partial charge in [0, 0.05) is 19.7 Å². The van der Waals surface area contributed by atoms with Crippen molar-refractivity contribution in [3.63, 3.8) is 0 Å². The van der Waals surface area contributed by atoms with Crippen molar-refractivity contribution in [3.05, 3.63) is 54.6 Å². The van der Waals surface area contributed by atoms with E-state index in [-0.39, 0.29) is 50.5 Å². The van der Waals surface area contributed by atoms with Gasteiger partial charge in [0.25, 0.3) is 5.91 Å². The number of anilines is 1. The van der Waals surface area contributed by atoms with Crippen LogP contribution in [0.3, 0.4) is 0 Å². The number of benzene rings is 1. The Kier molecular flexibility index (Phi) is 7.83. The first-order chi connectivity index (χ1) is 17.7. The molecule has 1 N–H and O–H groups in total. The highest BCUT2D eigenvalue weighted by molar-refractivity contribution is 6.34. The van der Waals surface area contributed by atoms with Crippen LogP contribution in [0.25, 0.3) is 0 Å². The molecular weight excluding hydrogens is 496 g/mol. The van der Waals surface area contributed by atoms with Crippen LogP contribution in [0.15, 0.2) is 49.6 Å². The first-order valence-electron chi connectivity index (χ1n) is 12.7. The van der Waals surface area contributed by atoms with E-state index in [1.54, 1.807) is 36.4 Å². The molecule has 1 aromatic carbocycles. The Bertz CT molecular complexity index is 1090. The van der Waals surface area contributed by atoms with Gasteiger partial charge < -0.3 is 24.4 Å². The highest BCUT2D eigenvalue weighted by Gasteiger charge is 2.80. The fourth-order valence-corrected chi connectivity index (χ4v) is 6.68. The van der Waals surface area contributed by atoms with Crippen molar-refractivity contribution in [2.75, 3.05) is 31.2 Å². The Balaban J connectivity index is 1.80. The molecule has 1 aromatic rings. The maximum Gasteiger partial charge on any atom is 0.312 e. The molecule has 3 aliphatic heterocycles. The summed E-state index contributed by atoms with van der Waals surface area (Å²) >= 11 is 6.47. The van der Waals surface area contributed by atoms with E-state index in [9.17, 15) is 19.5 Å². The van der Waals surface area contributed by atoms with E-state index >= 15 is 0 Å². The van der Waals surface area contributed by atoms with Crippen LogP contribution in [0.2, 0.25) is 5.02 Å². The summed E-state index contributed by atoms with van der Waals surface area (Å²) in [5.41, 5.74) is -1.67. The Hall–Kier alpha value is -2.68. The third-order valence-electron chi connectivity index (χ3n) is 8.15. The lowest BCUT2D eigenvalue weighted by Gasteiger charge is -2.37. The van der Waals surface area contributed by atoms with Gasteiger partial charge in [-0.25, -0.2) is 0 Å². The van der Waals surface area contributed by atoms with Gasteiger partial charge >= 0.3 is 5.97 Å². The highest BCUT2D eigenvalue weighted by atomic mass is 35.5. The molecule has 9 heteroatoms. The van der Waals surface area contributed by atoms with E-state index in [4.69, 9.17) is 21.1 Å². The lowest BCUT2D eigenvalue weighted by atomic mass is 9.62. The molecule has 3 saturated heterocycles. The summed E-state index contributed by atoms with van der Waals surface area (Å²) in [5.74, 6) is -3.01. The van der Waals surface area contributed by atoms with E-state index in [1.807, 2.05) is 13.8 Å². The van der Waals surface area contributed by atoms with E-state index in [1.165, 1.54) is 9.80 Å². The SMILES string of the molecule is C=CCCOC(=O)[C@@H]1[C@H]2C(=O)N(CCCO)C(C(=O)N(CC=C)c3ccccc3Cl)C23CC(C)[C@@]1(C)O3. The van der Waals surface area contributed by atoms with Gasteiger partial charge in [-0.1, -0.05) is 42.8 Å². The Labute approximate surface area is 222 Å². The van der Waals surface area contributed by atoms with Gasteiger partial charge in [-0.05, 0) is 44.2 Å². The number of aliphatic hydroxyl groups is 1. The summed E-state index contributed by atoms with van der Waals surface area (Å²) in [7, 11) is 0. The van der Waals surface area contributed by atoms with Crippen molar-refractivity contribution in [2.24, 2.45) is 17.8 Å². The zero-order valence-electron chi connectivity index (χ0n) is 21.4. The number of ether oxygens (including phenoxy) is 2. The maximum atomic E-state index is 14.4. The number of rotatable bonds is 11. The molecule has 3 unspecified atom stereocenters. The van der Waals surface area contributed by atoms with Gasteiger partial charge in [0.1, 0.15) is 17.6 Å². The molecule has 0 aliphatic carbocycles. The minimum Gasteiger partial charge on any atom is -0.465 e. The molecular formula is C28H35ClN2O6. The zero-order valence-corrected chi connectivity index (χ0v) is 22.2. The van der Waals surface area contributed by atoms with Gasteiger partial charge in [0.15, 0.2) is 0 Å². The smallest absolute Gasteiger partial charge is 0.312 e. The van der Waals surface area contributed by atoms with Crippen molar-refractivity contribution >= 4 is 35.1 Å². The Morgan fingerprint density at radius 1 is 1.32 bits per heavy atom. The van der Waals surface area contributed by atoms with Gasteiger partial charge in [0.2, 0.25) is 5.91 Å². The maximum absolute atomic E-state index is 14.4. The van der Waals surface area contributed by atoms with E-state index in [0.717, 1.165) is 0 Å². The fourth-order valence-electron chi connectivity index (χ4n) is 6.44. The molecule has 0 radical (unpaired) electrons. The second-order valence-corrected chi connectivity index (χ2v) is 10.7. The summed E-state index contributed by atoms with van der Waals surface area (Å²) in [6.07, 6.45) is 4.47. The highest BCUT2D eigenvalue weighted by Crippen LogP contribution is 2.65. The topological polar surface area (TPSA) is 96.4 Å². The molecule has 3 aliphatic rings. The van der Waals surface area contributed by atoms with Crippen LogP contribution in [-0.2, 0) is 23.9 Å². The van der Waals surface area contributed by atoms with Crippen LogP contribution in [0, 0.1) is 17.8 Å². The van der Waals surface area contributed by atoms with Crippen molar-refractivity contribution in [1.29, 1.82) is 0 Å². The summed E-state index contributed by atoms with van der Waals surface area (Å²) < 4.78 is 12.2. The molecule has 4 rings (SSSR count). The predicted molar refractivity (Wildman–Crippen MR) is 140 cm³/mol. The van der Waals surface area contributed by atoms with Crippen LogP contribution >= 0.6 is 11.6 Å². The molecule has 2 bridgehead atoms. The van der Waals surface area contributed by atoms with Gasteiger partial charge in [-0.2, -0.15) is 0 Å². The van der Waals surface area contributed by atoms with Crippen LogP contribution in [-0.4, -0.2) is 71.3 Å². The van der Waals surface area contributed by atoms with Crippen molar-refractivity contribution < 1.29 is 29.0 Å². The summed E-state index contributed by atoms with van der Waals surface area (Å²) in [6, 6.07) is 6.00. The van der Waals surface area contributed by atoms with Gasteiger partial charge in [-0.3, -0.25) is 14.4 Å². The molecule has 200 valence electrons. The number of esters is 1. The monoisotopic (exact) mass is 530 g/mol. The van der Waals surface area contributed by atoms with Crippen molar-refractivity contribution in [1.82, 2.24) is 4.90 Å².